The molecule has 0 aliphatic heterocycles. The first-order valence-corrected chi connectivity index (χ1v) is 20.0. The molecule has 0 bridgehead atoms. The van der Waals surface area contributed by atoms with Crippen molar-refractivity contribution in [2.75, 3.05) is 26.4 Å². The topological polar surface area (TPSA) is 131 Å². The minimum Gasteiger partial charge on any atom is -0.463 e. The number of nitrogens with one attached hydrogen (secondary N) is 1. The van der Waals surface area contributed by atoms with Gasteiger partial charge in [0.25, 0.3) is 0 Å². The van der Waals surface area contributed by atoms with Crippen molar-refractivity contribution in [3.05, 3.63) is 36.5 Å². The molecule has 47 heavy (non-hydrogen) atoms. The van der Waals surface area contributed by atoms with E-state index < -0.39 is 26.5 Å². The zero-order valence-electron chi connectivity index (χ0n) is 29.7. The van der Waals surface area contributed by atoms with Gasteiger partial charge >= 0.3 is 13.8 Å². The molecule has 1 amide bonds. The van der Waals surface area contributed by atoms with Gasteiger partial charge in [0.1, 0.15) is 12.7 Å². The quantitative estimate of drug-likeness (QED) is 0.0264. The van der Waals surface area contributed by atoms with Crippen LogP contribution in [0, 0.1) is 0 Å². The van der Waals surface area contributed by atoms with Crippen molar-refractivity contribution in [1.29, 1.82) is 0 Å². The lowest BCUT2D eigenvalue weighted by molar-refractivity contribution is -0.147. The Bertz CT molecular complexity index is 876. The number of esters is 1. The smallest absolute Gasteiger partial charge is 0.463 e. The van der Waals surface area contributed by atoms with Gasteiger partial charge in [-0.25, -0.2) is 4.57 Å². The Hall–Kier alpha value is -1.77. The number of aliphatic hydroxyl groups excluding tert-OH is 1. The van der Waals surface area contributed by atoms with E-state index in [0.717, 1.165) is 57.8 Å². The molecule has 0 spiro atoms. The van der Waals surface area contributed by atoms with Gasteiger partial charge in [-0.1, -0.05) is 134 Å². The summed E-state index contributed by atoms with van der Waals surface area (Å²) in [7, 11) is -4.41. The second-order valence-electron chi connectivity index (χ2n) is 12.2. The molecule has 0 fully saturated rings. The zero-order valence-corrected chi connectivity index (χ0v) is 30.6. The number of carbonyl (C=O) groups is 2. The molecule has 0 saturated carbocycles. The van der Waals surface area contributed by atoms with Crippen molar-refractivity contribution in [2.45, 2.75) is 161 Å². The third-order valence-corrected chi connectivity index (χ3v) is 8.57. The van der Waals surface area contributed by atoms with Gasteiger partial charge in [0.2, 0.25) is 5.91 Å². The molecular formula is C37H68NO8P. The van der Waals surface area contributed by atoms with E-state index in [1.165, 1.54) is 64.2 Å². The molecule has 3 N–H and O–H groups in total. The first kappa shape index (κ1) is 45.2. The number of aliphatic hydroxyl groups is 1. The Kier molecular flexibility index (Phi) is 32.8. The maximum Gasteiger partial charge on any atom is 0.472 e. The molecule has 10 heteroatoms. The zero-order chi connectivity index (χ0) is 34.7. The van der Waals surface area contributed by atoms with Crippen molar-refractivity contribution >= 4 is 19.7 Å². The lowest BCUT2D eigenvalue weighted by atomic mass is 10.0. The Morgan fingerprint density at radius 1 is 0.681 bits per heavy atom. The van der Waals surface area contributed by atoms with Gasteiger partial charge in [-0.05, 0) is 44.9 Å². The largest absolute Gasteiger partial charge is 0.472 e. The maximum atomic E-state index is 12.0. The van der Waals surface area contributed by atoms with Crippen LogP contribution >= 0.6 is 7.82 Å². The lowest BCUT2D eigenvalue weighted by Crippen LogP contribution is -2.27. The van der Waals surface area contributed by atoms with Crippen molar-refractivity contribution in [2.24, 2.45) is 0 Å². The van der Waals surface area contributed by atoms with Crippen LogP contribution < -0.4 is 5.32 Å². The Morgan fingerprint density at radius 2 is 1.21 bits per heavy atom. The molecule has 274 valence electrons. The van der Waals surface area contributed by atoms with Gasteiger partial charge in [0, 0.05) is 19.4 Å². The summed E-state index contributed by atoms with van der Waals surface area (Å²) in [6, 6.07) is 0. The summed E-state index contributed by atoms with van der Waals surface area (Å²) in [6.07, 6.45) is 35.0. The monoisotopic (exact) mass is 685 g/mol. The summed E-state index contributed by atoms with van der Waals surface area (Å²) in [5.41, 5.74) is 0. The molecule has 0 aromatic heterocycles. The summed E-state index contributed by atoms with van der Waals surface area (Å²) in [4.78, 5) is 33.7. The summed E-state index contributed by atoms with van der Waals surface area (Å²) in [6.45, 7) is 3.39. The van der Waals surface area contributed by atoms with E-state index >= 15 is 0 Å². The van der Waals surface area contributed by atoms with Gasteiger partial charge in [0.05, 0.1) is 13.2 Å². The number of phosphoric ester groups is 1. The number of rotatable bonds is 34. The number of allylic oxidation sites excluding steroid dienone is 6. The highest BCUT2D eigenvalue weighted by Gasteiger charge is 2.23. The number of hydrogen-bond acceptors (Lipinski definition) is 7. The van der Waals surface area contributed by atoms with E-state index in [4.69, 9.17) is 13.8 Å². The number of unbranched alkanes of at least 4 members (excludes halogenated alkanes) is 15. The fourth-order valence-corrected chi connectivity index (χ4v) is 5.56. The minimum absolute atomic E-state index is 0.0795. The van der Waals surface area contributed by atoms with Crippen LogP contribution in [0.1, 0.15) is 155 Å². The van der Waals surface area contributed by atoms with E-state index in [0.29, 0.717) is 12.8 Å². The molecule has 0 rings (SSSR count). The van der Waals surface area contributed by atoms with Crippen LogP contribution in [0.2, 0.25) is 0 Å². The molecular weight excluding hydrogens is 617 g/mol. The van der Waals surface area contributed by atoms with E-state index in [1.54, 1.807) is 0 Å². The number of carbonyl (C=O) groups excluding carboxylic acids is 2. The summed E-state index contributed by atoms with van der Waals surface area (Å²) in [5, 5.41) is 12.6. The first-order valence-electron chi connectivity index (χ1n) is 18.5. The van der Waals surface area contributed by atoms with Crippen molar-refractivity contribution in [3.63, 3.8) is 0 Å². The molecule has 0 heterocycles. The highest BCUT2D eigenvalue weighted by Crippen LogP contribution is 2.42. The van der Waals surface area contributed by atoms with Crippen molar-refractivity contribution in [3.8, 4) is 0 Å². The average molecular weight is 686 g/mol. The number of amides is 1. The van der Waals surface area contributed by atoms with Gasteiger partial charge in [0.15, 0.2) is 0 Å². The lowest BCUT2D eigenvalue weighted by Gasteiger charge is -2.15. The highest BCUT2D eigenvalue weighted by molar-refractivity contribution is 7.47. The minimum atomic E-state index is -4.41. The predicted molar refractivity (Wildman–Crippen MR) is 192 cm³/mol. The third-order valence-electron chi connectivity index (χ3n) is 7.58. The van der Waals surface area contributed by atoms with Gasteiger partial charge < -0.3 is 20.1 Å². The van der Waals surface area contributed by atoms with E-state index in [1.807, 2.05) is 0 Å². The van der Waals surface area contributed by atoms with Crippen molar-refractivity contribution in [1.82, 2.24) is 5.32 Å². The van der Waals surface area contributed by atoms with Crippen LogP contribution in [0.25, 0.3) is 0 Å². The highest BCUT2D eigenvalue weighted by atomic mass is 31.2. The number of hydrogen-bond donors (Lipinski definition) is 3. The summed E-state index contributed by atoms with van der Waals surface area (Å²) >= 11 is 0. The normalized spacial score (nSPS) is 13.9. The number of phosphoric acid groups is 1. The number of ether oxygens (including phenoxy) is 1. The van der Waals surface area contributed by atoms with Crippen LogP contribution in [-0.4, -0.2) is 54.3 Å². The maximum absolute atomic E-state index is 12.0. The van der Waals surface area contributed by atoms with E-state index in [2.05, 4.69) is 55.6 Å². The fourth-order valence-electron chi connectivity index (χ4n) is 4.80. The van der Waals surface area contributed by atoms with Gasteiger partial charge in [-0.3, -0.25) is 18.6 Å². The Balaban J connectivity index is 3.67. The van der Waals surface area contributed by atoms with E-state index in [9.17, 15) is 24.2 Å². The van der Waals surface area contributed by atoms with Crippen molar-refractivity contribution < 1.29 is 37.9 Å². The van der Waals surface area contributed by atoms with Crippen LogP contribution in [0.4, 0.5) is 0 Å². The molecule has 0 aliphatic rings. The van der Waals surface area contributed by atoms with Crippen LogP contribution in [-0.2, 0) is 27.9 Å². The SMILES string of the molecule is CC/C=C\C/C=C\C/C=C\CCCCCC(=O)OCC(O)COP(=O)(O)OCCNC(=O)CCCCCCCCCCCCCCC. The predicted octanol–water partition coefficient (Wildman–Crippen LogP) is 9.43. The third kappa shape index (κ3) is 35.4. The molecule has 9 nitrogen and oxygen atoms in total. The van der Waals surface area contributed by atoms with Crippen LogP contribution in [0.3, 0.4) is 0 Å². The van der Waals surface area contributed by atoms with Gasteiger partial charge in [-0.2, -0.15) is 0 Å². The standard InChI is InChI=1S/C37H68NO8P/c1-3-5-7-9-11-13-15-17-19-21-23-25-27-29-36(40)38-31-32-45-47(42,43)46-34-35(39)33-44-37(41)30-28-26-24-22-20-18-16-14-12-10-8-6-4-2/h6,8,12,14,18,20,35,39H,3-5,7,9-11,13,15-17,19,21-34H2,1-2H3,(H,38,40)(H,42,43)/b8-6-,14-12-,20-18-. The second kappa shape index (κ2) is 34.1. The molecule has 0 aliphatic carbocycles. The molecule has 0 aromatic carbocycles. The second-order valence-corrected chi connectivity index (χ2v) is 13.6. The summed E-state index contributed by atoms with van der Waals surface area (Å²) < 4.78 is 26.7. The van der Waals surface area contributed by atoms with Crippen LogP contribution in [0.15, 0.2) is 36.5 Å². The molecule has 2 atom stereocenters. The average Bonchev–Trinajstić information content (AvgIpc) is 3.05. The molecule has 2 unspecified atom stereocenters. The molecule has 0 aromatic rings. The molecule has 0 saturated heterocycles. The fraction of sp³-hybridized carbons (Fsp3) is 0.784. The Morgan fingerprint density at radius 3 is 1.83 bits per heavy atom. The van der Waals surface area contributed by atoms with Crippen LogP contribution in [0.5, 0.6) is 0 Å². The Labute approximate surface area is 286 Å². The van der Waals surface area contributed by atoms with Gasteiger partial charge in [-0.15, -0.1) is 0 Å². The first-order chi connectivity index (χ1) is 22.8. The van der Waals surface area contributed by atoms with E-state index in [-0.39, 0.29) is 32.1 Å². The summed E-state index contributed by atoms with van der Waals surface area (Å²) in [5.74, 6) is -0.547. The molecule has 0 radical (unpaired) electrons.